The summed E-state index contributed by atoms with van der Waals surface area (Å²) in [5.41, 5.74) is 0. The lowest BCUT2D eigenvalue weighted by Gasteiger charge is -2.32. The van der Waals surface area contributed by atoms with Gasteiger partial charge in [-0.2, -0.15) is 0 Å². The van der Waals surface area contributed by atoms with Gasteiger partial charge in [0.25, 0.3) is 0 Å². The molecule has 6 nitrogen and oxygen atoms in total. The number of nitrogens with zero attached hydrogens (tertiary/aromatic N) is 1. The first kappa shape index (κ1) is 21.0. The Balaban J connectivity index is 0.00000441. The van der Waals surface area contributed by atoms with E-state index in [1.54, 1.807) is 4.90 Å². The molecule has 0 aromatic heterocycles. The molecule has 3 N–H and O–H groups in total. The number of rotatable bonds is 7. The Morgan fingerprint density at radius 2 is 1.95 bits per heavy atom. The van der Waals surface area contributed by atoms with Gasteiger partial charge in [0.05, 0.1) is 5.92 Å². The fourth-order valence-electron chi connectivity index (χ4n) is 2.37. The van der Waals surface area contributed by atoms with Crippen LogP contribution in [0, 0.1) is 11.8 Å². The molecule has 0 saturated carbocycles. The largest absolute Gasteiger partial charge is 0.355 e. The number of nitrogens with one attached hydrogen (secondary N) is 3. The summed E-state index contributed by atoms with van der Waals surface area (Å²) in [6, 6.07) is -0.0474. The minimum Gasteiger partial charge on any atom is -0.355 e. The van der Waals surface area contributed by atoms with E-state index in [-0.39, 0.29) is 30.3 Å². The van der Waals surface area contributed by atoms with Gasteiger partial charge in [-0.1, -0.05) is 20.8 Å². The van der Waals surface area contributed by atoms with Crippen molar-refractivity contribution < 1.29 is 9.59 Å². The molecule has 1 saturated heterocycles. The van der Waals surface area contributed by atoms with Gasteiger partial charge in [0.2, 0.25) is 5.91 Å². The zero-order valence-corrected chi connectivity index (χ0v) is 14.8. The van der Waals surface area contributed by atoms with E-state index >= 15 is 0 Å². The first-order valence-corrected chi connectivity index (χ1v) is 8.05. The molecule has 0 aliphatic carbocycles. The molecular formula is C15H31ClN4O2. The van der Waals surface area contributed by atoms with Crippen LogP contribution in [-0.2, 0) is 4.79 Å². The van der Waals surface area contributed by atoms with Crippen LogP contribution in [0.15, 0.2) is 0 Å². The standard InChI is InChI=1S/C15H30N4O2.ClH/c1-4-16-7-8-17-14(20)13-6-5-9-19(11-13)15(21)18-10-12(2)3;/h12-13,16H,4-11H2,1-3H3,(H,17,20)(H,18,21);1H. The third-order valence-electron chi connectivity index (χ3n) is 3.59. The second kappa shape index (κ2) is 11.5. The van der Waals surface area contributed by atoms with E-state index in [2.05, 4.69) is 29.8 Å². The van der Waals surface area contributed by atoms with Crippen LogP contribution < -0.4 is 16.0 Å². The number of likely N-dealkylation sites (N-methyl/N-ethyl adjacent to an activating group) is 1. The summed E-state index contributed by atoms with van der Waals surface area (Å²) < 4.78 is 0. The minimum absolute atomic E-state index is 0. The molecular weight excluding hydrogens is 304 g/mol. The highest BCUT2D eigenvalue weighted by Gasteiger charge is 2.28. The Morgan fingerprint density at radius 1 is 1.23 bits per heavy atom. The molecule has 1 atom stereocenters. The van der Waals surface area contributed by atoms with Crippen molar-refractivity contribution in [2.24, 2.45) is 11.8 Å². The molecule has 1 heterocycles. The molecule has 0 aromatic rings. The number of carbonyl (C=O) groups excluding carboxylic acids is 2. The zero-order valence-electron chi connectivity index (χ0n) is 14.0. The van der Waals surface area contributed by atoms with Gasteiger partial charge in [0, 0.05) is 32.7 Å². The molecule has 1 aliphatic rings. The normalized spacial score (nSPS) is 17.8. The second-order valence-corrected chi connectivity index (χ2v) is 6.01. The van der Waals surface area contributed by atoms with Crippen LogP contribution in [0.3, 0.4) is 0 Å². The van der Waals surface area contributed by atoms with Gasteiger partial charge in [-0.3, -0.25) is 4.79 Å². The molecule has 0 aromatic carbocycles. The number of amides is 3. The highest BCUT2D eigenvalue weighted by molar-refractivity contribution is 5.85. The van der Waals surface area contributed by atoms with Crippen LogP contribution in [0.2, 0.25) is 0 Å². The highest BCUT2D eigenvalue weighted by Crippen LogP contribution is 2.16. The van der Waals surface area contributed by atoms with Crippen molar-refractivity contribution in [1.82, 2.24) is 20.9 Å². The molecule has 22 heavy (non-hydrogen) atoms. The van der Waals surface area contributed by atoms with Crippen molar-refractivity contribution in [1.29, 1.82) is 0 Å². The summed E-state index contributed by atoms with van der Waals surface area (Å²) in [4.78, 5) is 25.9. The lowest BCUT2D eigenvalue weighted by molar-refractivity contribution is -0.126. The molecule has 3 amide bonds. The van der Waals surface area contributed by atoms with E-state index in [4.69, 9.17) is 0 Å². The molecule has 1 rings (SSSR count). The van der Waals surface area contributed by atoms with Crippen molar-refractivity contribution >= 4 is 24.3 Å². The average Bonchev–Trinajstić information content (AvgIpc) is 2.49. The van der Waals surface area contributed by atoms with E-state index < -0.39 is 0 Å². The number of halogens is 1. The monoisotopic (exact) mass is 334 g/mol. The van der Waals surface area contributed by atoms with E-state index in [9.17, 15) is 9.59 Å². The van der Waals surface area contributed by atoms with Crippen LogP contribution in [0.25, 0.3) is 0 Å². The van der Waals surface area contributed by atoms with Crippen LogP contribution in [0.5, 0.6) is 0 Å². The Hall–Kier alpha value is -1.01. The molecule has 1 fully saturated rings. The first-order valence-electron chi connectivity index (χ1n) is 8.05. The van der Waals surface area contributed by atoms with Crippen molar-refractivity contribution in [3.05, 3.63) is 0 Å². The quantitative estimate of drug-likeness (QED) is 0.613. The lowest BCUT2D eigenvalue weighted by atomic mass is 9.97. The fourth-order valence-corrected chi connectivity index (χ4v) is 2.37. The summed E-state index contributed by atoms with van der Waals surface area (Å²) in [5.74, 6) is 0.420. The fraction of sp³-hybridized carbons (Fsp3) is 0.867. The Morgan fingerprint density at radius 3 is 2.59 bits per heavy atom. The molecule has 0 radical (unpaired) electrons. The van der Waals surface area contributed by atoms with Crippen molar-refractivity contribution in [2.75, 3.05) is 39.3 Å². The smallest absolute Gasteiger partial charge is 0.317 e. The summed E-state index contributed by atoms with van der Waals surface area (Å²) in [7, 11) is 0. The van der Waals surface area contributed by atoms with Gasteiger partial charge in [-0.05, 0) is 25.3 Å². The molecule has 0 spiro atoms. The summed E-state index contributed by atoms with van der Waals surface area (Å²) in [5, 5.41) is 9.03. The van der Waals surface area contributed by atoms with Crippen LogP contribution >= 0.6 is 12.4 Å². The molecule has 1 unspecified atom stereocenters. The zero-order chi connectivity index (χ0) is 15.7. The number of urea groups is 1. The SMILES string of the molecule is CCNCCNC(=O)C1CCCN(C(=O)NCC(C)C)C1.Cl. The molecule has 1 aliphatic heterocycles. The first-order chi connectivity index (χ1) is 10.0. The minimum atomic E-state index is -0.0785. The topological polar surface area (TPSA) is 73.5 Å². The number of hydrogen-bond acceptors (Lipinski definition) is 3. The Labute approximate surface area is 140 Å². The van der Waals surface area contributed by atoms with Gasteiger partial charge < -0.3 is 20.9 Å². The molecule has 0 bridgehead atoms. The predicted octanol–water partition coefficient (Wildman–Crippen LogP) is 1.21. The Bertz CT molecular complexity index is 340. The van der Waals surface area contributed by atoms with Crippen molar-refractivity contribution in [3.8, 4) is 0 Å². The third kappa shape index (κ3) is 7.84. The van der Waals surface area contributed by atoms with Gasteiger partial charge in [0.15, 0.2) is 0 Å². The molecule has 130 valence electrons. The van der Waals surface area contributed by atoms with Crippen LogP contribution in [0.1, 0.15) is 33.6 Å². The molecule has 7 heteroatoms. The van der Waals surface area contributed by atoms with E-state index in [1.807, 2.05) is 6.92 Å². The number of likely N-dealkylation sites (tertiary alicyclic amines) is 1. The van der Waals surface area contributed by atoms with Gasteiger partial charge in [0.1, 0.15) is 0 Å². The van der Waals surface area contributed by atoms with Gasteiger partial charge in [-0.15, -0.1) is 12.4 Å². The van der Waals surface area contributed by atoms with E-state index in [0.29, 0.717) is 25.6 Å². The number of carbonyl (C=O) groups is 2. The average molecular weight is 335 g/mol. The third-order valence-corrected chi connectivity index (χ3v) is 3.59. The Kier molecular flexibility index (Phi) is 11.0. The summed E-state index contributed by atoms with van der Waals surface area (Å²) >= 11 is 0. The van der Waals surface area contributed by atoms with Crippen molar-refractivity contribution in [3.63, 3.8) is 0 Å². The summed E-state index contributed by atoms with van der Waals surface area (Å²) in [6.45, 7) is 10.4. The maximum atomic E-state index is 12.1. The number of hydrogen-bond donors (Lipinski definition) is 3. The lowest BCUT2D eigenvalue weighted by Crippen LogP contribution is -2.49. The van der Waals surface area contributed by atoms with Crippen LogP contribution in [0.4, 0.5) is 4.79 Å². The highest BCUT2D eigenvalue weighted by atomic mass is 35.5. The van der Waals surface area contributed by atoms with Gasteiger partial charge >= 0.3 is 6.03 Å². The predicted molar refractivity (Wildman–Crippen MR) is 91.3 cm³/mol. The van der Waals surface area contributed by atoms with E-state index in [1.165, 1.54) is 0 Å². The maximum absolute atomic E-state index is 12.1. The second-order valence-electron chi connectivity index (χ2n) is 6.01. The summed E-state index contributed by atoms with van der Waals surface area (Å²) in [6.07, 6.45) is 1.75. The number of piperidine rings is 1. The van der Waals surface area contributed by atoms with Crippen LogP contribution in [-0.4, -0.2) is 56.1 Å². The van der Waals surface area contributed by atoms with E-state index in [0.717, 1.165) is 32.5 Å². The van der Waals surface area contributed by atoms with Crippen molar-refractivity contribution in [2.45, 2.75) is 33.6 Å². The van der Waals surface area contributed by atoms with Gasteiger partial charge in [-0.25, -0.2) is 4.79 Å². The maximum Gasteiger partial charge on any atom is 0.317 e.